The first-order valence-electron chi connectivity index (χ1n) is 8.88. The van der Waals surface area contributed by atoms with Gasteiger partial charge in [0.2, 0.25) is 5.91 Å². The molecule has 1 aliphatic rings. The van der Waals surface area contributed by atoms with Crippen LogP contribution in [0.2, 0.25) is 0 Å². The van der Waals surface area contributed by atoms with Gasteiger partial charge in [-0.25, -0.2) is 0 Å². The quantitative estimate of drug-likeness (QED) is 0.783. The maximum absolute atomic E-state index is 13.1. The number of hydrogen-bond donors (Lipinski definition) is 2. The minimum Gasteiger partial charge on any atom is -0.492 e. The molecule has 1 heterocycles. The summed E-state index contributed by atoms with van der Waals surface area (Å²) in [5, 5.41) is 3.05. The lowest BCUT2D eigenvalue weighted by molar-refractivity contribution is -0.121. The molecule has 1 atom stereocenters. The first-order valence-corrected chi connectivity index (χ1v) is 10.0. The molecule has 5 nitrogen and oxygen atoms in total. The van der Waals surface area contributed by atoms with Crippen molar-refractivity contribution < 1.29 is 9.53 Å². The van der Waals surface area contributed by atoms with Crippen molar-refractivity contribution in [2.45, 2.75) is 6.04 Å². The van der Waals surface area contributed by atoms with Gasteiger partial charge < -0.3 is 15.8 Å². The van der Waals surface area contributed by atoms with Crippen molar-refractivity contribution in [1.82, 2.24) is 4.90 Å². The number of carbonyl (C=O) groups is 1. The average Bonchev–Trinajstić information content (AvgIpc) is 2.69. The minimum absolute atomic E-state index is 0.00118. The van der Waals surface area contributed by atoms with Gasteiger partial charge in [-0.15, -0.1) is 0 Å². The van der Waals surface area contributed by atoms with Crippen LogP contribution >= 0.6 is 11.8 Å². The van der Waals surface area contributed by atoms with E-state index in [4.69, 9.17) is 10.5 Å². The van der Waals surface area contributed by atoms with Crippen molar-refractivity contribution in [2.75, 3.05) is 43.1 Å². The summed E-state index contributed by atoms with van der Waals surface area (Å²) in [6, 6.07) is 17.1. The summed E-state index contributed by atoms with van der Waals surface area (Å²) in [5.74, 6) is 2.87. The van der Waals surface area contributed by atoms with E-state index in [1.807, 2.05) is 66.4 Å². The molecule has 138 valence electrons. The Labute approximate surface area is 158 Å². The molecule has 1 amide bonds. The highest BCUT2D eigenvalue weighted by Crippen LogP contribution is 2.26. The van der Waals surface area contributed by atoms with E-state index in [9.17, 15) is 4.79 Å². The molecular formula is C20H25N3O2S. The molecule has 2 aromatic carbocycles. The second kappa shape index (κ2) is 9.62. The predicted molar refractivity (Wildman–Crippen MR) is 108 cm³/mol. The van der Waals surface area contributed by atoms with Gasteiger partial charge in [0, 0.05) is 36.8 Å². The normalized spacial score (nSPS) is 16.0. The first kappa shape index (κ1) is 18.8. The van der Waals surface area contributed by atoms with Crippen molar-refractivity contribution >= 4 is 23.4 Å². The number of thioether (sulfide) groups is 1. The second-order valence-electron chi connectivity index (χ2n) is 6.11. The van der Waals surface area contributed by atoms with Crippen molar-refractivity contribution in [1.29, 1.82) is 0 Å². The Hall–Kier alpha value is -2.02. The Morgan fingerprint density at radius 2 is 1.81 bits per heavy atom. The van der Waals surface area contributed by atoms with Crippen LogP contribution in [0.1, 0.15) is 11.6 Å². The van der Waals surface area contributed by atoms with Gasteiger partial charge in [-0.3, -0.25) is 9.69 Å². The molecule has 0 spiro atoms. The van der Waals surface area contributed by atoms with Gasteiger partial charge >= 0.3 is 0 Å². The van der Waals surface area contributed by atoms with Crippen molar-refractivity contribution in [3.05, 3.63) is 60.2 Å². The highest BCUT2D eigenvalue weighted by molar-refractivity contribution is 7.99. The Morgan fingerprint density at radius 3 is 2.46 bits per heavy atom. The van der Waals surface area contributed by atoms with E-state index in [1.165, 1.54) is 0 Å². The molecule has 0 aromatic heterocycles. The molecule has 0 bridgehead atoms. The predicted octanol–water partition coefficient (Wildman–Crippen LogP) is 2.75. The Kier molecular flexibility index (Phi) is 6.94. The van der Waals surface area contributed by atoms with Gasteiger partial charge in [-0.2, -0.15) is 11.8 Å². The molecule has 0 aliphatic carbocycles. The molecule has 0 radical (unpaired) electrons. The summed E-state index contributed by atoms with van der Waals surface area (Å²) in [5.41, 5.74) is 7.24. The molecule has 1 saturated heterocycles. The first-order chi connectivity index (χ1) is 12.8. The number of nitrogens with two attached hydrogens (primary N) is 1. The topological polar surface area (TPSA) is 67.6 Å². The van der Waals surface area contributed by atoms with Crippen LogP contribution in [-0.4, -0.2) is 48.6 Å². The van der Waals surface area contributed by atoms with Crippen molar-refractivity contribution in [3.63, 3.8) is 0 Å². The lowest BCUT2D eigenvalue weighted by atomic mass is 10.0. The van der Waals surface area contributed by atoms with E-state index in [0.29, 0.717) is 13.2 Å². The fraction of sp³-hybridized carbons (Fsp3) is 0.350. The third kappa shape index (κ3) is 5.00. The van der Waals surface area contributed by atoms with Crippen LogP contribution in [0.4, 0.5) is 5.69 Å². The fourth-order valence-corrected chi connectivity index (χ4v) is 3.95. The zero-order valence-electron chi connectivity index (χ0n) is 14.8. The van der Waals surface area contributed by atoms with E-state index >= 15 is 0 Å². The van der Waals surface area contributed by atoms with E-state index in [1.54, 1.807) is 0 Å². The monoisotopic (exact) mass is 371 g/mol. The molecule has 1 unspecified atom stereocenters. The molecule has 1 fully saturated rings. The fourth-order valence-electron chi connectivity index (χ4n) is 3.02. The summed E-state index contributed by atoms with van der Waals surface area (Å²) >= 11 is 1.94. The molecule has 3 N–H and O–H groups in total. The van der Waals surface area contributed by atoms with Crippen LogP contribution in [0.25, 0.3) is 0 Å². The van der Waals surface area contributed by atoms with Crippen molar-refractivity contribution in [2.24, 2.45) is 5.73 Å². The van der Waals surface area contributed by atoms with Crippen LogP contribution in [0, 0.1) is 0 Å². The average molecular weight is 372 g/mol. The lowest BCUT2D eigenvalue weighted by Crippen LogP contribution is -2.41. The second-order valence-corrected chi connectivity index (χ2v) is 7.34. The lowest BCUT2D eigenvalue weighted by Gasteiger charge is -2.33. The van der Waals surface area contributed by atoms with Crippen LogP contribution in [0.15, 0.2) is 54.6 Å². The van der Waals surface area contributed by atoms with Gasteiger partial charge in [0.05, 0.1) is 0 Å². The van der Waals surface area contributed by atoms with Crippen LogP contribution < -0.4 is 15.8 Å². The maximum atomic E-state index is 13.1. The summed E-state index contributed by atoms with van der Waals surface area (Å²) in [7, 11) is 0. The Balaban J connectivity index is 1.72. The third-order valence-corrected chi connectivity index (χ3v) is 5.23. The summed E-state index contributed by atoms with van der Waals surface area (Å²) in [4.78, 5) is 15.3. The van der Waals surface area contributed by atoms with Crippen molar-refractivity contribution in [3.8, 4) is 5.75 Å². The number of rotatable bonds is 7. The Bertz CT molecular complexity index is 688. The highest BCUT2D eigenvalue weighted by Gasteiger charge is 2.28. The third-order valence-electron chi connectivity index (χ3n) is 4.28. The number of amides is 1. The van der Waals surface area contributed by atoms with E-state index < -0.39 is 0 Å². The maximum Gasteiger partial charge on any atom is 0.246 e. The Morgan fingerprint density at radius 1 is 1.12 bits per heavy atom. The number of carbonyl (C=O) groups excluding carboxylic acids is 1. The number of nitrogens with one attached hydrogen (secondary N) is 1. The van der Waals surface area contributed by atoms with Crippen LogP contribution in [-0.2, 0) is 4.79 Å². The molecule has 26 heavy (non-hydrogen) atoms. The SMILES string of the molecule is NCCOc1ccc(NC(=O)C(c2ccccc2)N2CCSCC2)cc1. The standard InChI is InChI=1S/C20H25N3O2S/c21-10-13-25-18-8-6-17(7-9-18)22-20(24)19(16-4-2-1-3-5-16)23-11-14-26-15-12-23/h1-9,19H,10-15,21H2,(H,22,24). The number of nitrogens with zero attached hydrogens (tertiary/aromatic N) is 1. The zero-order valence-corrected chi connectivity index (χ0v) is 15.6. The minimum atomic E-state index is -0.273. The summed E-state index contributed by atoms with van der Waals surface area (Å²) < 4.78 is 5.48. The molecule has 6 heteroatoms. The smallest absolute Gasteiger partial charge is 0.246 e. The number of anilines is 1. The molecule has 0 saturated carbocycles. The van der Waals surface area contributed by atoms with Gasteiger partial charge in [-0.1, -0.05) is 30.3 Å². The van der Waals surface area contributed by atoms with E-state index in [2.05, 4.69) is 10.2 Å². The summed E-state index contributed by atoms with van der Waals surface area (Å²) in [6.45, 7) is 2.80. The number of benzene rings is 2. The van der Waals surface area contributed by atoms with E-state index in [0.717, 1.165) is 41.6 Å². The zero-order chi connectivity index (χ0) is 18.2. The van der Waals surface area contributed by atoms with Gasteiger partial charge in [-0.05, 0) is 29.8 Å². The summed E-state index contributed by atoms with van der Waals surface area (Å²) in [6.07, 6.45) is 0. The van der Waals surface area contributed by atoms with Gasteiger partial charge in [0.1, 0.15) is 18.4 Å². The van der Waals surface area contributed by atoms with Gasteiger partial charge in [0.25, 0.3) is 0 Å². The highest BCUT2D eigenvalue weighted by atomic mass is 32.2. The number of hydrogen-bond acceptors (Lipinski definition) is 5. The van der Waals surface area contributed by atoms with Crippen LogP contribution in [0.5, 0.6) is 5.75 Å². The number of ether oxygens (including phenoxy) is 1. The molecular weight excluding hydrogens is 346 g/mol. The largest absolute Gasteiger partial charge is 0.492 e. The molecule has 3 rings (SSSR count). The molecule has 2 aromatic rings. The van der Waals surface area contributed by atoms with Gasteiger partial charge in [0.15, 0.2) is 0 Å². The van der Waals surface area contributed by atoms with E-state index in [-0.39, 0.29) is 11.9 Å². The molecule has 1 aliphatic heterocycles. The van der Waals surface area contributed by atoms with Crippen LogP contribution in [0.3, 0.4) is 0 Å².